The van der Waals surface area contributed by atoms with Gasteiger partial charge in [-0.3, -0.25) is 4.18 Å². The van der Waals surface area contributed by atoms with Crippen molar-refractivity contribution in [3.05, 3.63) is 29.8 Å². The third-order valence-corrected chi connectivity index (χ3v) is 7.84. The average molecular weight is 343 g/mol. The second kappa shape index (κ2) is 5.98. The number of methoxy groups -OCH3 is 1. The molecule has 0 aromatic heterocycles. The summed E-state index contributed by atoms with van der Waals surface area (Å²) in [5.41, 5.74) is 1.12. The third kappa shape index (κ3) is 4.33. The molecule has 22 heavy (non-hydrogen) atoms. The van der Waals surface area contributed by atoms with Crippen molar-refractivity contribution in [3.63, 3.8) is 0 Å². The number of aryl methyl sites for hydroxylation is 1. The Morgan fingerprint density at radius 1 is 1.23 bits per heavy atom. The molecule has 0 aliphatic heterocycles. The van der Waals surface area contributed by atoms with E-state index in [1.807, 2.05) is 24.3 Å². The first-order chi connectivity index (χ1) is 10.1. The van der Waals surface area contributed by atoms with Gasteiger partial charge in [-0.15, -0.1) is 0 Å². The molecular weight excluding hydrogens is 316 g/mol. The Balaban J connectivity index is 2.08. The van der Waals surface area contributed by atoms with Crippen LogP contribution in [0.3, 0.4) is 0 Å². The third-order valence-electron chi connectivity index (χ3n) is 4.38. The van der Waals surface area contributed by atoms with Crippen LogP contribution in [-0.2, 0) is 20.7 Å². The largest absolute Gasteiger partial charge is 0.497 e. The van der Waals surface area contributed by atoms with Crippen LogP contribution in [0.25, 0.3) is 0 Å². The topological polar surface area (TPSA) is 52.6 Å². The molecule has 0 bridgehead atoms. The SMILES string of the molecule is COc1ccc(CC[C@@]2(OS(C)(=O)=O)C[C@H]2[Si](C)(C)C)cc1. The standard InChI is InChI=1S/C16H26O4SSi/c1-19-14-8-6-13(7-9-14)10-11-16(20-21(2,17)18)12-15(16)22(3,4)5/h6-9,15H,10-12H2,1-5H3/t15-,16-/m1/s1. The van der Waals surface area contributed by atoms with Crippen LogP contribution >= 0.6 is 0 Å². The van der Waals surface area contributed by atoms with Crippen LogP contribution in [0.4, 0.5) is 0 Å². The van der Waals surface area contributed by atoms with Gasteiger partial charge in [0.2, 0.25) is 0 Å². The van der Waals surface area contributed by atoms with E-state index in [-0.39, 0.29) is 0 Å². The van der Waals surface area contributed by atoms with Gasteiger partial charge in [0.25, 0.3) is 10.1 Å². The van der Waals surface area contributed by atoms with E-state index in [0.717, 1.165) is 31.3 Å². The minimum Gasteiger partial charge on any atom is -0.497 e. The van der Waals surface area contributed by atoms with Crippen LogP contribution in [0.2, 0.25) is 25.2 Å². The first kappa shape index (κ1) is 17.5. The van der Waals surface area contributed by atoms with Crippen LogP contribution in [0.1, 0.15) is 18.4 Å². The summed E-state index contributed by atoms with van der Waals surface area (Å²) >= 11 is 0. The van der Waals surface area contributed by atoms with Crippen LogP contribution in [0.5, 0.6) is 5.75 Å². The highest BCUT2D eigenvalue weighted by Gasteiger charge is 2.62. The molecule has 2 atom stereocenters. The van der Waals surface area contributed by atoms with Crippen molar-refractivity contribution in [2.45, 2.75) is 50.0 Å². The van der Waals surface area contributed by atoms with E-state index in [9.17, 15) is 8.42 Å². The van der Waals surface area contributed by atoms with Crippen molar-refractivity contribution in [1.29, 1.82) is 0 Å². The molecule has 0 amide bonds. The van der Waals surface area contributed by atoms with Crippen molar-refractivity contribution in [3.8, 4) is 5.75 Å². The number of benzene rings is 1. The fourth-order valence-electron chi connectivity index (χ4n) is 3.24. The van der Waals surface area contributed by atoms with Crippen LogP contribution in [0, 0.1) is 0 Å². The van der Waals surface area contributed by atoms with E-state index in [4.69, 9.17) is 8.92 Å². The fourth-order valence-corrected chi connectivity index (χ4v) is 6.94. The van der Waals surface area contributed by atoms with Gasteiger partial charge in [-0.1, -0.05) is 31.8 Å². The molecule has 0 saturated heterocycles. The lowest BCUT2D eigenvalue weighted by molar-refractivity contribution is 0.178. The number of hydrogen-bond acceptors (Lipinski definition) is 4. The summed E-state index contributed by atoms with van der Waals surface area (Å²) in [7, 11) is -3.20. The average Bonchev–Trinajstić information content (AvgIpc) is 3.10. The van der Waals surface area contributed by atoms with Gasteiger partial charge in [-0.2, -0.15) is 8.42 Å². The molecule has 0 heterocycles. The van der Waals surface area contributed by atoms with Gasteiger partial charge in [0.1, 0.15) is 5.75 Å². The van der Waals surface area contributed by atoms with E-state index in [0.29, 0.717) is 5.54 Å². The molecule has 0 spiro atoms. The van der Waals surface area contributed by atoms with Gasteiger partial charge in [0, 0.05) is 0 Å². The summed E-state index contributed by atoms with van der Waals surface area (Å²) in [6, 6.07) is 7.92. The summed E-state index contributed by atoms with van der Waals surface area (Å²) in [5.74, 6) is 0.831. The second-order valence-corrected chi connectivity index (χ2v) is 14.3. The molecule has 2 rings (SSSR count). The summed E-state index contributed by atoms with van der Waals surface area (Å²) in [6.45, 7) is 6.83. The maximum Gasteiger partial charge on any atom is 0.264 e. The van der Waals surface area contributed by atoms with E-state index in [1.165, 1.54) is 5.56 Å². The fraction of sp³-hybridized carbons (Fsp3) is 0.625. The molecule has 4 nitrogen and oxygen atoms in total. The van der Waals surface area contributed by atoms with Gasteiger partial charge in [-0.25, -0.2) is 0 Å². The second-order valence-electron chi connectivity index (χ2n) is 7.32. The Hall–Kier alpha value is -0.853. The Kier molecular flexibility index (Phi) is 4.76. The van der Waals surface area contributed by atoms with Gasteiger partial charge < -0.3 is 4.74 Å². The Bertz CT molecular complexity index is 619. The van der Waals surface area contributed by atoms with Crippen molar-refractivity contribution in [2.24, 2.45) is 0 Å². The Labute approximate surface area is 135 Å². The highest BCUT2D eigenvalue weighted by atomic mass is 32.2. The summed E-state index contributed by atoms with van der Waals surface area (Å²) in [5, 5.41) is 0. The maximum absolute atomic E-state index is 11.6. The summed E-state index contributed by atoms with van der Waals surface area (Å²) < 4.78 is 33.9. The molecule has 1 fully saturated rings. The molecule has 1 aliphatic rings. The predicted octanol–water partition coefficient (Wildman–Crippen LogP) is 3.45. The van der Waals surface area contributed by atoms with E-state index >= 15 is 0 Å². The predicted molar refractivity (Wildman–Crippen MR) is 91.7 cm³/mol. The highest BCUT2D eigenvalue weighted by Crippen LogP contribution is 2.60. The van der Waals surface area contributed by atoms with Gasteiger partial charge >= 0.3 is 0 Å². The van der Waals surface area contributed by atoms with Crippen molar-refractivity contribution in [1.82, 2.24) is 0 Å². The van der Waals surface area contributed by atoms with Crippen molar-refractivity contribution < 1.29 is 17.3 Å². The van der Waals surface area contributed by atoms with Gasteiger partial charge in [-0.05, 0) is 42.5 Å². The van der Waals surface area contributed by atoms with E-state index in [1.54, 1.807) is 7.11 Å². The highest BCUT2D eigenvalue weighted by molar-refractivity contribution is 7.86. The lowest BCUT2D eigenvalue weighted by Gasteiger charge is -2.23. The molecule has 0 radical (unpaired) electrons. The monoisotopic (exact) mass is 342 g/mol. The molecule has 0 unspecified atom stereocenters. The normalized spacial score (nSPS) is 25.0. The number of hydrogen-bond donors (Lipinski definition) is 0. The van der Waals surface area contributed by atoms with Crippen molar-refractivity contribution >= 4 is 18.2 Å². The lowest BCUT2D eigenvalue weighted by atomic mass is 10.1. The van der Waals surface area contributed by atoms with E-state index in [2.05, 4.69) is 19.6 Å². The molecule has 1 aromatic rings. The first-order valence-electron chi connectivity index (χ1n) is 7.59. The molecule has 0 N–H and O–H groups in total. The summed E-state index contributed by atoms with van der Waals surface area (Å²) in [6.07, 6.45) is 3.59. The van der Waals surface area contributed by atoms with Crippen molar-refractivity contribution in [2.75, 3.05) is 13.4 Å². The quantitative estimate of drug-likeness (QED) is 0.562. The molecule has 1 aromatic carbocycles. The zero-order chi connectivity index (χ0) is 16.6. The zero-order valence-electron chi connectivity index (χ0n) is 14.0. The Morgan fingerprint density at radius 2 is 1.82 bits per heavy atom. The molecule has 124 valence electrons. The number of rotatable bonds is 7. The minimum absolute atomic E-state index is 0.410. The smallest absolute Gasteiger partial charge is 0.264 e. The molecular formula is C16H26O4SSi. The van der Waals surface area contributed by atoms with Gasteiger partial charge in [0.15, 0.2) is 0 Å². The minimum atomic E-state index is -3.43. The maximum atomic E-state index is 11.6. The van der Waals surface area contributed by atoms with Crippen LogP contribution < -0.4 is 4.74 Å². The van der Waals surface area contributed by atoms with Crippen LogP contribution in [-0.4, -0.2) is 35.5 Å². The molecule has 1 saturated carbocycles. The Morgan fingerprint density at radius 3 is 2.23 bits per heavy atom. The van der Waals surface area contributed by atoms with E-state index < -0.39 is 23.8 Å². The van der Waals surface area contributed by atoms with Gasteiger partial charge in [0.05, 0.1) is 27.0 Å². The first-order valence-corrected chi connectivity index (χ1v) is 13.0. The number of ether oxygens (including phenoxy) is 1. The zero-order valence-corrected chi connectivity index (χ0v) is 15.9. The molecule has 1 aliphatic carbocycles. The van der Waals surface area contributed by atoms with Crippen LogP contribution in [0.15, 0.2) is 24.3 Å². The lowest BCUT2D eigenvalue weighted by Crippen LogP contribution is -2.30. The summed E-state index contributed by atoms with van der Waals surface area (Å²) in [4.78, 5) is 0. The molecule has 6 heteroatoms.